The van der Waals surface area contributed by atoms with Crippen LogP contribution >= 0.6 is 24.0 Å². The van der Waals surface area contributed by atoms with Gasteiger partial charge in [-0.05, 0) is 42.7 Å². The van der Waals surface area contributed by atoms with Crippen LogP contribution in [0.1, 0.15) is 23.6 Å². The van der Waals surface area contributed by atoms with Crippen molar-refractivity contribution in [2.45, 2.75) is 26.9 Å². The van der Waals surface area contributed by atoms with Crippen molar-refractivity contribution in [3.63, 3.8) is 0 Å². The van der Waals surface area contributed by atoms with Crippen molar-refractivity contribution in [2.24, 2.45) is 4.99 Å². The van der Waals surface area contributed by atoms with Crippen LogP contribution in [0.25, 0.3) is 0 Å². The maximum absolute atomic E-state index is 13.3. The fourth-order valence-corrected chi connectivity index (χ4v) is 2.15. The standard InChI is InChI=1S/C18H22FN3O.HI/c1-3-20-18(22-12-15-7-5-4-6-13(15)2)21-11-14-8-9-17(23)16(19)10-14;/h4-10,23H,3,11-12H2,1-2H3,(H2,20,21,22);1H. The molecule has 24 heavy (non-hydrogen) atoms. The molecule has 0 bridgehead atoms. The molecule has 0 aliphatic rings. The average molecular weight is 443 g/mol. The van der Waals surface area contributed by atoms with Crippen LogP contribution in [-0.4, -0.2) is 17.6 Å². The molecule has 0 aliphatic heterocycles. The summed E-state index contributed by atoms with van der Waals surface area (Å²) in [4.78, 5) is 4.45. The van der Waals surface area contributed by atoms with E-state index in [0.29, 0.717) is 24.6 Å². The van der Waals surface area contributed by atoms with E-state index in [0.717, 1.165) is 6.54 Å². The highest BCUT2D eigenvalue weighted by molar-refractivity contribution is 14.0. The molecule has 0 aromatic heterocycles. The molecule has 0 spiro atoms. The smallest absolute Gasteiger partial charge is 0.191 e. The summed E-state index contributed by atoms with van der Waals surface area (Å²) in [6.07, 6.45) is 0. The Morgan fingerprint density at radius 2 is 1.92 bits per heavy atom. The molecule has 0 atom stereocenters. The zero-order valence-corrected chi connectivity index (χ0v) is 16.2. The predicted octanol–water partition coefficient (Wildman–Crippen LogP) is 3.71. The lowest BCUT2D eigenvalue weighted by molar-refractivity contribution is 0.432. The van der Waals surface area contributed by atoms with Gasteiger partial charge in [0.25, 0.3) is 0 Å². The van der Waals surface area contributed by atoms with Crippen molar-refractivity contribution in [1.82, 2.24) is 10.6 Å². The maximum atomic E-state index is 13.3. The summed E-state index contributed by atoms with van der Waals surface area (Å²) in [5.41, 5.74) is 3.12. The molecular formula is C18H23FIN3O. The Bertz CT molecular complexity index is 692. The van der Waals surface area contributed by atoms with Gasteiger partial charge in [0.05, 0.1) is 6.54 Å². The largest absolute Gasteiger partial charge is 0.505 e. The topological polar surface area (TPSA) is 56.7 Å². The van der Waals surface area contributed by atoms with E-state index in [-0.39, 0.29) is 29.7 Å². The second kappa shape index (κ2) is 10.1. The van der Waals surface area contributed by atoms with Crippen LogP contribution in [0, 0.1) is 12.7 Å². The van der Waals surface area contributed by atoms with Gasteiger partial charge in [0.15, 0.2) is 17.5 Å². The van der Waals surface area contributed by atoms with Crippen LogP contribution in [0.15, 0.2) is 47.5 Å². The molecule has 4 nitrogen and oxygen atoms in total. The number of hydrogen-bond acceptors (Lipinski definition) is 2. The number of nitrogens with zero attached hydrogens (tertiary/aromatic N) is 1. The predicted molar refractivity (Wildman–Crippen MR) is 106 cm³/mol. The number of rotatable bonds is 5. The molecular weight excluding hydrogens is 420 g/mol. The minimum absolute atomic E-state index is 0. The summed E-state index contributed by atoms with van der Waals surface area (Å²) in [6.45, 7) is 5.80. The maximum Gasteiger partial charge on any atom is 0.191 e. The molecule has 2 aromatic carbocycles. The lowest BCUT2D eigenvalue weighted by Gasteiger charge is -2.12. The molecule has 0 amide bonds. The van der Waals surface area contributed by atoms with Gasteiger partial charge in [-0.25, -0.2) is 9.38 Å². The number of benzene rings is 2. The van der Waals surface area contributed by atoms with Gasteiger partial charge >= 0.3 is 0 Å². The van der Waals surface area contributed by atoms with E-state index in [1.54, 1.807) is 6.07 Å². The Labute approximate surface area is 159 Å². The van der Waals surface area contributed by atoms with Crippen molar-refractivity contribution in [3.8, 4) is 5.75 Å². The summed E-state index contributed by atoms with van der Waals surface area (Å²) in [5.74, 6) is -0.304. The van der Waals surface area contributed by atoms with Gasteiger partial charge in [-0.3, -0.25) is 0 Å². The summed E-state index contributed by atoms with van der Waals surface area (Å²) in [7, 11) is 0. The minimum atomic E-state index is -0.629. The second-order valence-electron chi connectivity index (χ2n) is 5.26. The first-order valence-corrected chi connectivity index (χ1v) is 7.64. The minimum Gasteiger partial charge on any atom is -0.505 e. The van der Waals surface area contributed by atoms with Crippen molar-refractivity contribution in [3.05, 3.63) is 65.0 Å². The number of aryl methyl sites for hydroxylation is 1. The number of aliphatic imine (C=N–C) groups is 1. The van der Waals surface area contributed by atoms with Crippen LogP contribution in [-0.2, 0) is 13.1 Å². The quantitative estimate of drug-likeness (QED) is 0.375. The SMILES string of the molecule is CCNC(=NCc1ccc(O)c(F)c1)NCc1ccccc1C.I. The van der Waals surface area contributed by atoms with Crippen molar-refractivity contribution in [2.75, 3.05) is 6.54 Å². The Morgan fingerprint density at radius 1 is 1.17 bits per heavy atom. The van der Waals surface area contributed by atoms with E-state index in [9.17, 15) is 9.50 Å². The Morgan fingerprint density at radius 3 is 2.58 bits per heavy atom. The van der Waals surface area contributed by atoms with E-state index >= 15 is 0 Å². The van der Waals surface area contributed by atoms with E-state index in [2.05, 4.69) is 34.7 Å². The van der Waals surface area contributed by atoms with Crippen LogP contribution in [0.4, 0.5) is 4.39 Å². The number of phenols is 1. The van der Waals surface area contributed by atoms with Crippen LogP contribution in [0.5, 0.6) is 5.75 Å². The molecule has 130 valence electrons. The van der Waals surface area contributed by atoms with Crippen molar-refractivity contribution in [1.29, 1.82) is 0 Å². The molecule has 2 aromatic rings. The molecule has 0 saturated heterocycles. The van der Waals surface area contributed by atoms with Crippen LogP contribution < -0.4 is 10.6 Å². The molecule has 0 saturated carbocycles. The van der Waals surface area contributed by atoms with E-state index in [4.69, 9.17) is 0 Å². The highest BCUT2D eigenvalue weighted by atomic mass is 127. The summed E-state index contributed by atoms with van der Waals surface area (Å²) >= 11 is 0. The summed E-state index contributed by atoms with van der Waals surface area (Å²) in [5, 5.41) is 15.6. The molecule has 6 heteroatoms. The summed E-state index contributed by atoms with van der Waals surface area (Å²) < 4.78 is 13.3. The highest BCUT2D eigenvalue weighted by Gasteiger charge is 2.03. The third-order valence-corrected chi connectivity index (χ3v) is 3.48. The molecule has 0 fully saturated rings. The van der Waals surface area contributed by atoms with Crippen molar-refractivity contribution < 1.29 is 9.50 Å². The number of guanidine groups is 1. The van der Waals surface area contributed by atoms with Crippen LogP contribution in [0.2, 0.25) is 0 Å². The first kappa shape index (κ1) is 20.2. The van der Waals surface area contributed by atoms with Gasteiger partial charge in [-0.2, -0.15) is 0 Å². The van der Waals surface area contributed by atoms with E-state index < -0.39 is 5.82 Å². The van der Waals surface area contributed by atoms with Gasteiger partial charge < -0.3 is 15.7 Å². The third kappa shape index (κ3) is 5.99. The average Bonchev–Trinajstić information content (AvgIpc) is 2.54. The Hall–Kier alpha value is -1.83. The van der Waals surface area contributed by atoms with E-state index in [1.165, 1.54) is 23.3 Å². The lowest BCUT2D eigenvalue weighted by atomic mass is 10.1. The fourth-order valence-electron chi connectivity index (χ4n) is 2.15. The van der Waals surface area contributed by atoms with E-state index in [1.807, 2.05) is 19.1 Å². The highest BCUT2D eigenvalue weighted by Crippen LogP contribution is 2.16. The zero-order valence-electron chi connectivity index (χ0n) is 13.8. The fraction of sp³-hybridized carbons (Fsp3) is 0.278. The van der Waals surface area contributed by atoms with Gasteiger partial charge in [0.2, 0.25) is 0 Å². The zero-order chi connectivity index (χ0) is 16.7. The first-order chi connectivity index (χ1) is 11.1. The number of hydrogen-bond donors (Lipinski definition) is 3. The molecule has 3 N–H and O–H groups in total. The van der Waals surface area contributed by atoms with Crippen LogP contribution in [0.3, 0.4) is 0 Å². The normalized spacial score (nSPS) is 10.9. The molecule has 2 rings (SSSR count). The summed E-state index contributed by atoms with van der Waals surface area (Å²) in [6, 6.07) is 12.5. The molecule has 0 unspecified atom stereocenters. The Balaban J connectivity index is 0.00000288. The number of halogens is 2. The molecule has 0 heterocycles. The monoisotopic (exact) mass is 443 g/mol. The first-order valence-electron chi connectivity index (χ1n) is 7.64. The third-order valence-electron chi connectivity index (χ3n) is 3.48. The van der Waals surface area contributed by atoms with Gasteiger partial charge in [-0.1, -0.05) is 30.3 Å². The van der Waals surface area contributed by atoms with Gasteiger partial charge in [-0.15, -0.1) is 24.0 Å². The van der Waals surface area contributed by atoms with Gasteiger partial charge in [0, 0.05) is 13.1 Å². The number of aromatic hydroxyl groups is 1. The number of phenolic OH excluding ortho intramolecular Hbond substituents is 1. The second-order valence-corrected chi connectivity index (χ2v) is 5.26. The van der Waals surface area contributed by atoms with Crippen molar-refractivity contribution >= 4 is 29.9 Å². The molecule has 0 radical (unpaired) electrons. The van der Waals surface area contributed by atoms with Gasteiger partial charge in [0.1, 0.15) is 0 Å². The lowest BCUT2D eigenvalue weighted by Crippen LogP contribution is -2.36. The number of nitrogens with one attached hydrogen (secondary N) is 2. The Kier molecular flexibility index (Phi) is 8.53. The molecule has 0 aliphatic carbocycles.